The average molecular weight is 262 g/mol. The Hall–Kier alpha value is -0.370. The SMILES string of the molecule is CC12CC3CC(C)(C1)CC(C(=O)C1CCOC1)(C3)C2. The van der Waals surface area contributed by atoms with Crippen LogP contribution in [0.1, 0.15) is 58.8 Å². The van der Waals surface area contributed by atoms with Crippen molar-refractivity contribution in [3.05, 3.63) is 0 Å². The Morgan fingerprint density at radius 3 is 2.26 bits per heavy atom. The Morgan fingerprint density at radius 1 is 1.05 bits per heavy atom. The van der Waals surface area contributed by atoms with E-state index in [1.807, 2.05) is 0 Å². The molecule has 19 heavy (non-hydrogen) atoms. The molecular weight excluding hydrogens is 236 g/mol. The lowest BCUT2D eigenvalue weighted by Gasteiger charge is -2.65. The first-order chi connectivity index (χ1) is 8.92. The standard InChI is InChI=1S/C17H26O2/c1-15-5-12-6-16(2,9-15)11-17(7-12,10-15)14(18)13-3-4-19-8-13/h12-13H,3-11H2,1-2H3. The molecule has 1 heterocycles. The molecule has 4 bridgehead atoms. The van der Waals surface area contributed by atoms with E-state index >= 15 is 0 Å². The van der Waals surface area contributed by atoms with Crippen LogP contribution in [-0.2, 0) is 9.53 Å². The van der Waals surface area contributed by atoms with Gasteiger partial charge in [-0.05, 0) is 61.7 Å². The van der Waals surface area contributed by atoms with Gasteiger partial charge >= 0.3 is 0 Å². The van der Waals surface area contributed by atoms with Gasteiger partial charge in [0.25, 0.3) is 0 Å². The Kier molecular flexibility index (Phi) is 2.37. The van der Waals surface area contributed by atoms with Gasteiger partial charge in [0.2, 0.25) is 0 Å². The number of carbonyl (C=O) groups is 1. The van der Waals surface area contributed by atoms with Crippen molar-refractivity contribution in [3.8, 4) is 0 Å². The van der Waals surface area contributed by atoms with E-state index in [9.17, 15) is 4.79 Å². The second-order valence-electron chi connectivity index (χ2n) is 8.84. The summed E-state index contributed by atoms with van der Waals surface area (Å²) in [7, 11) is 0. The van der Waals surface area contributed by atoms with E-state index in [2.05, 4.69) is 13.8 Å². The highest BCUT2D eigenvalue weighted by Crippen LogP contribution is 2.70. The predicted molar refractivity (Wildman–Crippen MR) is 73.8 cm³/mol. The van der Waals surface area contributed by atoms with Gasteiger partial charge in [-0.2, -0.15) is 0 Å². The van der Waals surface area contributed by atoms with Crippen LogP contribution in [0, 0.1) is 28.1 Å². The molecule has 3 atom stereocenters. The van der Waals surface area contributed by atoms with Gasteiger partial charge in [-0.1, -0.05) is 13.8 Å². The van der Waals surface area contributed by atoms with E-state index < -0.39 is 0 Å². The summed E-state index contributed by atoms with van der Waals surface area (Å²) in [5.74, 6) is 1.60. The molecule has 0 N–H and O–H groups in total. The predicted octanol–water partition coefficient (Wildman–Crippen LogP) is 3.59. The summed E-state index contributed by atoms with van der Waals surface area (Å²) < 4.78 is 5.47. The quantitative estimate of drug-likeness (QED) is 0.760. The van der Waals surface area contributed by atoms with Crippen LogP contribution in [-0.4, -0.2) is 19.0 Å². The normalized spacial score (nSPS) is 55.7. The van der Waals surface area contributed by atoms with Gasteiger partial charge in [-0.3, -0.25) is 4.79 Å². The first kappa shape index (κ1) is 12.4. The molecule has 0 aromatic rings. The number of ketones is 1. The molecule has 0 amide bonds. The molecule has 2 heteroatoms. The van der Waals surface area contributed by atoms with Crippen LogP contribution in [0.5, 0.6) is 0 Å². The maximum Gasteiger partial charge on any atom is 0.144 e. The fourth-order valence-electron chi connectivity index (χ4n) is 6.90. The Morgan fingerprint density at radius 2 is 1.74 bits per heavy atom. The molecule has 1 aliphatic heterocycles. The van der Waals surface area contributed by atoms with Crippen molar-refractivity contribution >= 4 is 5.78 Å². The molecule has 2 nitrogen and oxygen atoms in total. The van der Waals surface area contributed by atoms with Crippen LogP contribution >= 0.6 is 0 Å². The van der Waals surface area contributed by atoms with Gasteiger partial charge in [0, 0.05) is 17.9 Å². The fraction of sp³-hybridized carbons (Fsp3) is 0.941. The Balaban J connectivity index is 1.68. The van der Waals surface area contributed by atoms with Crippen molar-refractivity contribution in [3.63, 3.8) is 0 Å². The zero-order valence-electron chi connectivity index (χ0n) is 12.3. The third-order valence-corrected chi connectivity index (χ3v) is 6.45. The average Bonchev–Trinajstić information content (AvgIpc) is 2.75. The Labute approximate surface area is 116 Å². The first-order valence-corrected chi connectivity index (χ1v) is 8.04. The molecule has 4 saturated carbocycles. The molecule has 4 aliphatic carbocycles. The van der Waals surface area contributed by atoms with Crippen molar-refractivity contribution in [1.82, 2.24) is 0 Å². The lowest BCUT2D eigenvalue weighted by atomic mass is 9.39. The molecule has 1 saturated heterocycles. The lowest BCUT2D eigenvalue weighted by molar-refractivity contribution is -0.171. The highest BCUT2D eigenvalue weighted by Gasteiger charge is 2.63. The molecule has 5 fully saturated rings. The molecule has 5 aliphatic rings. The third-order valence-electron chi connectivity index (χ3n) is 6.45. The minimum Gasteiger partial charge on any atom is -0.381 e. The van der Waals surface area contributed by atoms with Crippen LogP contribution in [0.4, 0.5) is 0 Å². The van der Waals surface area contributed by atoms with Crippen LogP contribution in [0.15, 0.2) is 0 Å². The van der Waals surface area contributed by atoms with E-state index in [4.69, 9.17) is 4.74 Å². The van der Waals surface area contributed by atoms with E-state index in [1.165, 1.54) is 38.5 Å². The van der Waals surface area contributed by atoms with Crippen LogP contribution in [0.2, 0.25) is 0 Å². The molecule has 0 aromatic heterocycles. The first-order valence-electron chi connectivity index (χ1n) is 8.04. The summed E-state index contributed by atoms with van der Waals surface area (Å²) in [6.45, 7) is 6.38. The zero-order chi connectivity index (χ0) is 13.3. The van der Waals surface area contributed by atoms with E-state index in [0.717, 1.165) is 18.9 Å². The molecule has 106 valence electrons. The maximum atomic E-state index is 13.1. The van der Waals surface area contributed by atoms with Gasteiger partial charge in [0.1, 0.15) is 5.78 Å². The minimum absolute atomic E-state index is 0.0291. The number of hydrogen-bond donors (Lipinski definition) is 0. The van der Waals surface area contributed by atoms with Gasteiger partial charge in [0.05, 0.1) is 6.61 Å². The second-order valence-corrected chi connectivity index (χ2v) is 8.84. The molecule has 5 rings (SSSR count). The Bertz CT molecular complexity index is 403. The van der Waals surface area contributed by atoms with E-state index in [0.29, 0.717) is 23.2 Å². The van der Waals surface area contributed by atoms with Crippen molar-refractivity contribution in [1.29, 1.82) is 0 Å². The van der Waals surface area contributed by atoms with E-state index in [1.54, 1.807) is 0 Å². The van der Waals surface area contributed by atoms with Gasteiger partial charge in [0.15, 0.2) is 0 Å². The molecule has 0 aromatic carbocycles. The molecule has 3 unspecified atom stereocenters. The van der Waals surface area contributed by atoms with Crippen LogP contribution in [0.3, 0.4) is 0 Å². The smallest absolute Gasteiger partial charge is 0.144 e. The molecule has 0 radical (unpaired) electrons. The fourth-order valence-corrected chi connectivity index (χ4v) is 6.90. The summed E-state index contributed by atoms with van der Waals surface area (Å²) in [6, 6.07) is 0. The second kappa shape index (κ2) is 3.63. The van der Waals surface area contributed by atoms with Crippen LogP contribution in [0.25, 0.3) is 0 Å². The summed E-state index contributed by atoms with van der Waals surface area (Å²) >= 11 is 0. The number of rotatable bonds is 2. The van der Waals surface area contributed by atoms with Gasteiger partial charge < -0.3 is 4.74 Å². The third kappa shape index (κ3) is 1.75. The summed E-state index contributed by atoms with van der Waals surface area (Å²) in [5.41, 5.74) is 0.924. The zero-order valence-corrected chi connectivity index (χ0v) is 12.3. The topological polar surface area (TPSA) is 26.3 Å². The monoisotopic (exact) mass is 262 g/mol. The van der Waals surface area contributed by atoms with Gasteiger partial charge in [-0.25, -0.2) is 0 Å². The highest BCUT2D eigenvalue weighted by molar-refractivity contribution is 5.88. The van der Waals surface area contributed by atoms with Crippen molar-refractivity contribution in [2.75, 3.05) is 13.2 Å². The molecule has 0 spiro atoms. The summed E-state index contributed by atoms with van der Waals surface area (Å²) in [5, 5.41) is 0. The summed E-state index contributed by atoms with van der Waals surface area (Å²) in [6.07, 6.45) is 8.60. The summed E-state index contributed by atoms with van der Waals surface area (Å²) in [4.78, 5) is 13.1. The number of hydrogen-bond acceptors (Lipinski definition) is 2. The minimum atomic E-state index is 0.0291. The van der Waals surface area contributed by atoms with Crippen LogP contribution < -0.4 is 0 Å². The molecular formula is C17H26O2. The number of Topliss-reactive ketones (excluding diaryl/α,β-unsaturated/α-hetero) is 1. The van der Waals surface area contributed by atoms with Crippen molar-refractivity contribution in [2.24, 2.45) is 28.1 Å². The maximum absolute atomic E-state index is 13.1. The largest absolute Gasteiger partial charge is 0.381 e. The van der Waals surface area contributed by atoms with E-state index in [-0.39, 0.29) is 11.3 Å². The highest BCUT2D eigenvalue weighted by atomic mass is 16.5. The number of ether oxygens (including phenoxy) is 1. The van der Waals surface area contributed by atoms with Crippen molar-refractivity contribution in [2.45, 2.75) is 58.8 Å². The lowest BCUT2D eigenvalue weighted by Crippen LogP contribution is -2.58. The van der Waals surface area contributed by atoms with Gasteiger partial charge in [-0.15, -0.1) is 0 Å². The number of carbonyl (C=O) groups excluding carboxylic acids is 1. The van der Waals surface area contributed by atoms with Crippen molar-refractivity contribution < 1.29 is 9.53 Å².